The van der Waals surface area contributed by atoms with E-state index in [1.165, 1.54) is 19.3 Å². The number of carbonyl (C=O) groups excluding carboxylic acids is 1. The second kappa shape index (κ2) is 9.31. The number of amides is 1. The Kier molecular flexibility index (Phi) is 6.58. The second-order valence-corrected chi connectivity index (χ2v) is 6.77. The van der Waals surface area contributed by atoms with Gasteiger partial charge >= 0.3 is 0 Å². The number of hydrogen-bond donors (Lipinski definition) is 1. The summed E-state index contributed by atoms with van der Waals surface area (Å²) in [6.45, 7) is 2.10. The van der Waals surface area contributed by atoms with Crippen molar-refractivity contribution < 1.29 is 14.3 Å². The van der Waals surface area contributed by atoms with Crippen LogP contribution < -0.4 is 19.7 Å². The third-order valence-electron chi connectivity index (χ3n) is 4.98. The Hall–Kier alpha value is -2.69. The van der Waals surface area contributed by atoms with E-state index >= 15 is 0 Å². The highest BCUT2D eigenvalue weighted by Gasteiger charge is 2.16. The van der Waals surface area contributed by atoms with E-state index in [4.69, 9.17) is 9.47 Å². The number of piperidine rings is 1. The molecule has 0 saturated carbocycles. The second-order valence-electron chi connectivity index (χ2n) is 6.77. The maximum atomic E-state index is 12.6. The van der Waals surface area contributed by atoms with Gasteiger partial charge in [0.2, 0.25) is 5.91 Å². The number of ether oxygens (including phenoxy) is 2. The van der Waals surface area contributed by atoms with E-state index in [9.17, 15) is 4.79 Å². The van der Waals surface area contributed by atoms with Gasteiger partial charge in [0.15, 0.2) is 11.5 Å². The summed E-state index contributed by atoms with van der Waals surface area (Å²) < 4.78 is 10.8. The van der Waals surface area contributed by atoms with Gasteiger partial charge in [0.25, 0.3) is 0 Å². The molecule has 1 amide bonds. The highest BCUT2D eigenvalue weighted by Crippen LogP contribution is 2.32. The summed E-state index contributed by atoms with van der Waals surface area (Å²) in [6.07, 6.45) is 4.68. The highest BCUT2D eigenvalue weighted by molar-refractivity contribution is 5.94. The molecule has 0 radical (unpaired) electrons. The van der Waals surface area contributed by atoms with Crippen LogP contribution in [0.15, 0.2) is 42.5 Å². The molecule has 2 aromatic rings. The van der Waals surface area contributed by atoms with Crippen molar-refractivity contribution in [2.45, 2.75) is 32.1 Å². The van der Waals surface area contributed by atoms with Crippen LogP contribution in [-0.2, 0) is 11.2 Å². The maximum absolute atomic E-state index is 12.6. The molecule has 1 heterocycles. The van der Waals surface area contributed by atoms with Crippen LogP contribution in [0.5, 0.6) is 11.5 Å². The Morgan fingerprint density at radius 1 is 1.00 bits per heavy atom. The van der Waals surface area contributed by atoms with Gasteiger partial charge in [-0.2, -0.15) is 0 Å². The molecule has 0 bridgehead atoms. The standard InChI is InChI=1S/C22H28N2O3/c1-26-20-12-8-9-17(22(20)27-2)13-14-21(25)23-18-10-4-5-11-19(18)24-15-6-3-7-16-24/h4-5,8-12H,3,6-7,13-16H2,1-2H3,(H,23,25). The number of benzene rings is 2. The van der Waals surface area contributed by atoms with E-state index in [1.54, 1.807) is 14.2 Å². The molecule has 1 fully saturated rings. The van der Waals surface area contributed by atoms with Crippen LogP contribution in [0.1, 0.15) is 31.2 Å². The first kappa shape index (κ1) is 19.1. The van der Waals surface area contributed by atoms with Crippen molar-refractivity contribution >= 4 is 17.3 Å². The predicted octanol–water partition coefficient (Wildman–Crippen LogP) is 4.27. The van der Waals surface area contributed by atoms with Gasteiger partial charge in [-0.05, 0) is 49.4 Å². The van der Waals surface area contributed by atoms with E-state index in [1.807, 2.05) is 36.4 Å². The lowest BCUT2D eigenvalue weighted by Gasteiger charge is -2.30. The molecule has 1 aliphatic heterocycles. The summed E-state index contributed by atoms with van der Waals surface area (Å²) in [5.41, 5.74) is 2.97. The zero-order valence-corrected chi connectivity index (χ0v) is 16.2. The van der Waals surface area contributed by atoms with E-state index in [2.05, 4.69) is 16.3 Å². The number of aryl methyl sites for hydroxylation is 1. The molecule has 27 heavy (non-hydrogen) atoms. The number of methoxy groups -OCH3 is 2. The fourth-order valence-corrected chi connectivity index (χ4v) is 3.60. The summed E-state index contributed by atoms with van der Waals surface area (Å²) in [5.74, 6) is 1.39. The molecule has 144 valence electrons. The molecule has 1 N–H and O–H groups in total. The molecular weight excluding hydrogens is 340 g/mol. The monoisotopic (exact) mass is 368 g/mol. The maximum Gasteiger partial charge on any atom is 0.224 e. The molecule has 0 aromatic heterocycles. The lowest BCUT2D eigenvalue weighted by molar-refractivity contribution is -0.116. The molecule has 1 saturated heterocycles. The molecule has 0 atom stereocenters. The van der Waals surface area contributed by atoms with E-state index < -0.39 is 0 Å². The number of hydrogen-bond acceptors (Lipinski definition) is 4. The van der Waals surface area contributed by atoms with Gasteiger partial charge in [-0.3, -0.25) is 4.79 Å². The number of rotatable bonds is 7. The average molecular weight is 368 g/mol. The first-order valence-electron chi connectivity index (χ1n) is 9.56. The van der Waals surface area contributed by atoms with Crippen molar-refractivity contribution in [3.8, 4) is 11.5 Å². The van der Waals surface area contributed by atoms with Gasteiger partial charge < -0.3 is 19.7 Å². The summed E-state index contributed by atoms with van der Waals surface area (Å²) >= 11 is 0. The Morgan fingerprint density at radius 3 is 2.52 bits per heavy atom. The van der Waals surface area contributed by atoms with Gasteiger partial charge in [0.1, 0.15) is 0 Å². The zero-order valence-electron chi connectivity index (χ0n) is 16.2. The third-order valence-corrected chi connectivity index (χ3v) is 4.98. The molecule has 3 rings (SSSR count). The van der Waals surface area contributed by atoms with Crippen molar-refractivity contribution in [3.63, 3.8) is 0 Å². The van der Waals surface area contributed by atoms with Crippen LogP contribution in [0, 0.1) is 0 Å². The molecule has 5 heteroatoms. The first-order chi connectivity index (χ1) is 13.2. The summed E-state index contributed by atoms with van der Waals surface area (Å²) in [7, 11) is 3.24. The lowest BCUT2D eigenvalue weighted by atomic mass is 10.1. The van der Waals surface area contributed by atoms with Gasteiger partial charge in [0, 0.05) is 19.5 Å². The lowest BCUT2D eigenvalue weighted by Crippen LogP contribution is -2.30. The van der Waals surface area contributed by atoms with Crippen LogP contribution >= 0.6 is 0 Å². The SMILES string of the molecule is COc1cccc(CCC(=O)Nc2ccccc2N2CCCCC2)c1OC. The first-order valence-corrected chi connectivity index (χ1v) is 9.56. The molecule has 5 nitrogen and oxygen atoms in total. The van der Waals surface area contributed by atoms with Crippen molar-refractivity contribution in [1.29, 1.82) is 0 Å². The van der Waals surface area contributed by atoms with Gasteiger partial charge in [-0.1, -0.05) is 24.3 Å². The Morgan fingerprint density at radius 2 is 1.78 bits per heavy atom. The van der Waals surface area contributed by atoms with Gasteiger partial charge in [0.05, 0.1) is 25.6 Å². The molecule has 1 aliphatic rings. The zero-order chi connectivity index (χ0) is 19.1. The van der Waals surface area contributed by atoms with E-state index in [0.717, 1.165) is 30.0 Å². The largest absolute Gasteiger partial charge is 0.493 e. The molecular formula is C22H28N2O3. The van der Waals surface area contributed by atoms with Crippen LogP contribution in [0.4, 0.5) is 11.4 Å². The number of para-hydroxylation sites is 3. The molecule has 0 spiro atoms. The number of nitrogens with one attached hydrogen (secondary N) is 1. The van der Waals surface area contributed by atoms with Crippen LogP contribution in [0.25, 0.3) is 0 Å². The Balaban J connectivity index is 1.65. The van der Waals surface area contributed by atoms with Crippen LogP contribution in [0.2, 0.25) is 0 Å². The number of carbonyl (C=O) groups is 1. The normalized spacial score (nSPS) is 13.9. The molecule has 2 aromatic carbocycles. The summed E-state index contributed by atoms with van der Waals surface area (Å²) in [5, 5.41) is 3.09. The third kappa shape index (κ3) is 4.73. The van der Waals surface area contributed by atoms with E-state index in [0.29, 0.717) is 24.3 Å². The smallest absolute Gasteiger partial charge is 0.224 e. The van der Waals surface area contributed by atoms with Crippen molar-refractivity contribution in [3.05, 3.63) is 48.0 Å². The topological polar surface area (TPSA) is 50.8 Å². The highest BCUT2D eigenvalue weighted by atomic mass is 16.5. The van der Waals surface area contributed by atoms with Gasteiger partial charge in [-0.25, -0.2) is 0 Å². The van der Waals surface area contributed by atoms with Crippen molar-refractivity contribution in [2.24, 2.45) is 0 Å². The predicted molar refractivity (Wildman–Crippen MR) is 109 cm³/mol. The Bertz CT molecular complexity index is 770. The van der Waals surface area contributed by atoms with Gasteiger partial charge in [-0.15, -0.1) is 0 Å². The fourth-order valence-electron chi connectivity index (χ4n) is 3.60. The van der Waals surface area contributed by atoms with Crippen molar-refractivity contribution in [2.75, 3.05) is 37.5 Å². The minimum absolute atomic E-state index is 0.00401. The summed E-state index contributed by atoms with van der Waals surface area (Å²) in [6, 6.07) is 13.8. The molecule has 0 aliphatic carbocycles. The number of anilines is 2. The fraction of sp³-hybridized carbons (Fsp3) is 0.409. The Labute approximate surface area is 161 Å². The average Bonchev–Trinajstić information content (AvgIpc) is 2.72. The minimum Gasteiger partial charge on any atom is -0.493 e. The quantitative estimate of drug-likeness (QED) is 0.793. The summed E-state index contributed by atoms with van der Waals surface area (Å²) in [4.78, 5) is 14.9. The van der Waals surface area contributed by atoms with Crippen LogP contribution in [-0.4, -0.2) is 33.2 Å². The molecule has 0 unspecified atom stereocenters. The number of nitrogens with zero attached hydrogens (tertiary/aromatic N) is 1. The van der Waals surface area contributed by atoms with Crippen molar-refractivity contribution in [1.82, 2.24) is 0 Å². The van der Waals surface area contributed by atoms with Crippen LogP contribution in [0.3, 0.4) is 0 Å². The van der Waals surface area contributed by atoms with E-state index in [-0.39, 0.29) is 5.91 Å². The minimum atomic E-state index is 0.00401.